The van der Waals surface area contributed by atoms with Gasteiger partial charge in [0.2, 0.25) is 0 Å². The van der Waals surface area contributed by atoms with Crippen molar-refractivity contribution in [2.45, 2.75) is 0 Å². The predicted octanol–water partition coefficient (Wildman–Crippen LogP) is 4.44. The number of rotatable bonds is 6. The number of methoxy groups -OCH3 is 1. The molecule has 24 heavy (non-hydrogen) atoms. The molecule has 0 bridgehead atoms. The SMILES string of the molecule is COc1ccc(C(=O)COC(=O)/C=C/c2ccc(Cl)cc2)cc1Cl. The molecule has 2 rings (SSSR count). The Bertz CT molecular complexity index is 767. The molecule has 0 fully saturated rings. The van der Waals surface area contributed by atoms with Gasteiger partial charge in [0, 0.05) is 16.7 Å². The normalized spacial score (nSPS) is 10.6. The first-order valence-electron chi connectivity index (χ1n) is 6.97. The van der Waals surface area contributed by atoms with Gasteiger partial charge in [0.25, 0.3) is 0 Å². The lowest BCUT2D eigenvalue weighted by Gasteiger charge is -2.05. The number of Topliss-reactive ketones (excluding diaryl/α,β-unsaturated/α-hetero) is 1. The molecule has 2 aromatic rings. The summed E-state index contributed by atoms with van der Waals surface area (Å²) in [6.45, 7) is -0.369. The first-order chi connectivity index (χ1) is 11.5. The van der Waals surface area contributed by atoms with E-state index < -0.39 is 5.97 Å². The van der Waals surface area contributed by atoms with E-state index in [-0.39, 0.29) is 12.4 Å². The van der Waals surface area contributed by atoms with Crippen LogP contribution in [0.1, 0.15) is 15.9 Å². The number of esters is 1. The summed E-state index contributed by atoms with van der Waals surface area (Å²) in [6, 6.07) is 11.6. The number of hydrogen-bond acceptors (Lipinski definition) is 4. The van der Waals surface area contributed by atoms with E-state index in [9.17, 15) is 9.59 Å². The van der Waals surface area contributed by atoms with Gasteiger partial charge in [-0.05, 0) is 42.0 Å². The van der Waals surface area contributed by atoms with Gasteiger partial charge >= 0.3 is 5.97 Å². The van der Waals surface area contributed by atoms with Crippen molar-refractivity contribution in [1.29, 1.82) is 0 Å². The Labute approximate surface area is 149 Å². The quantitative estimate of drug-likeness (QED) is 0.431. The Hall–Kier alpha value is -2.30. The number of benzene rings is 2. The van der Waals surface area contributed by atoms with E-state index in [1.807, 2.05) is 0 Å². The van der Waals surface area contributed by atoms with E-state index in [4.69, 9.17) is 32.7 Å². The third kappa shape index (κ3) is 5.11. The van der Waals surface area contributed by atoms with E-state index >= 15 is 0 Å². The molecule has 2 aromatic carbocycles. The van der Waals surface area contributed by atoms with Gasteiger partial charge in [-0.3, -0.25) is 4.79 Å². The smallest absolute Gasteiger partial charge is 0.331 e. The van der Waals surface area contributed by atoms with Crippen molar-refractivity contribution in [3.05, 3.63) is 69.7 Å². The molecule has 0 aliphatic rings. The molecule has 0 aromatic heterocycles. The average molecular weight is 365 g/mol. The molecule has 6 heteroatoms. The zero-order valence-corrected chi connectivity index (χ0v) is 14.3. The highest BCUT2D eigenvalue weighted by Crippen LogP contribution is 2.25. The Morgan fingerprint density at radius 2 is 1.79 bits per heavy atom. The fourth-order valence-corrected chi connectivity index (χ4v) is 2.23. The molecule has 0 amide bonds. The van der Waals surface area contributed by atoms with Gasteiger partial charge in [-0.1, -0.05) is 35.3 Å². The van der Waals surface area contributed by atoms with Crippen molar-refractivity contribution in [3.8, 4) is 5.75 Å². The maximum atomic E-state index is 12.0. The van der Waals surface area contributed by atoms with Gasteiger partial charge in [-0.25, -0.2) is 4.79 Å². The standard InChI is InChI=1S/C18H14Cl2O4/c1-23-17-8-5-13(10-15(17)20)16(21)11-24-18(22)9-4-12-2-6-14(19)7-3-12/h2-10H,11H2,1H3/b9-4+. The van der Waals surface area contributed by atoms with Crippen LogP contribution in [-0.4, -0.2) is 25.5 Å². The summed E-state index contributed by atoms with van der Waals surface area (Å²) >= 11 is 11.7. The Morgan fingerprint density at radius 1 is 1.08 bits per heavy atom. The Balaban J connectivity index is 1.90. The molecule has 0 saturated heterocycles. The molecule has 0 radical (unpaired) electrons. The summed E-state index contributed by atoms with van der Waals surface area (Å²) in [4.78, 5) is 23.7. The second-order valence-corrected chi connectivity index (χ2v) is 5.61. The summed E-state index contributed by atoms with van der Waals surface area (Å²) < 4.78 is 9.94. The topological polar surface area (TPSA) is 52.6 Å². The van der Waals surface area contributed by atoms with Crippen molar-refractivity contribution in [1.82, 2.24) is 0 Å². The predicted molar refractivity (Wildman–Crippen MR) is 93.8 cm³/mol. The molecular weight excluding hydrogens is 351 g/mol. The number of carbonyl (C=O) groups is 2. The molecule has 0 N–H and O–H groups in total. The summed E-state index contributed by atoms with van der Waals surface area (Å²) in [6.07, 6.45) is 2.82. The van der Waals surface area contributed by atoms with Gasteiger partial charge in [-0.2, -0.15) is 0 Å². The van der Waals surface area contributed by atoms with Crippen LogP contribution in [0.4, 0.5) is 0 Å². The largest absolute Gasteiger partial charge is 0.495 e. The second kappa shape index (κ2) is 8.52. The van der Waals surface area contributed by atoms with Gasteiger partial charge in [-0.15, -0.1) is 0 Å². The lowest BCUT2D eigenvalue weighted by atomic mass is 10.1. The summed E-state index contributed by atoms with van der Waals surface area (Å²) in [5.74, 6) is -0.498. The van der Waals surface area contributed by atoms with Crippen molar-refractivity contribution in [2.75, 3.05) is 13.7 Å². The van der Waals surface area contributed by atoms with Gasteiger partial charge in [0.15, 0.2) is 12.4 Å². The van der Waals surface area contributed by atoms with Crippen LogP contribution in [0.3, 0.4) is 0 Å². The number of ketones is 1. The molecule has 0 unspecified atom stereocenters. The van der Waals surface area contributed by atoms with E-state index in [2.05, 4.69) is 0 Å². The average Bonchev–Trinajstić information content (AvgIpc) is 2.59. The molecule has 0 aliphatic heterocycles. The van der Waals surface area contributed by atoms with Crippen LogP contribution < -0.4 is 4.74 Å². The number of carbonyl (C=O) groups excluding carboxylic acids is 2. The van der Waals surface area contributed by atoms with Gasteiger partial charge in [0.05, 0.1) is 12.1 Å². The van der Waals surface area contributed by atoms with Gasteiger partial charge in [0.1, 0.15) is 5.75 Å². The number of hydrogen-bond donors (Lipinski definition) is 0. The minimum Gasteiger partial charge on any atom is -0.495 e. The van der Waals surface area contributed by atoms with Crippen LogP contribution in [0.25, 0.3) is 6.08 Å². The molecule has 0 heterocycles. The lowest BCUT2D eigenvalue weighted by Crippen LogP contribution is -2.12. The summed E-state index contributed by atoms with van der Waals surface area (Å²) in [5, 5.41) is 0.927. The monoisotopic (exact) mass is 364 g/mol. The molecule has 0 saturated carbocycles. The summed E-state index contributed by atoms with van der Waals surface area (Å²) in [5.41, 5.74) is 1.14. The van der Waals surface area contributed by atoms with Crippen LogP contribution in [-0.2, 0) is 9.53 Å². The minimum atomic E-state index is -0.613. The Kier molecular flexibility index (Phi) is 6.41. The maximum Gasteiger partial charge on any atom is 0.331 e. The summed E-state index contributed by atoms with van der Waals surface area (Å²) in [7, 11) is 1.48. The molecule has 0 atom stereocenters. The number of ether oxygens (including phenoxy) is 2. The fourth-order valence-electron chi connectivity index (χ4n) is 1.85. The first-order valence-corrected chi connectivity index (χ1v) is 7.72. The second-order valence-electron chi connectivity index (χ2n) is 4.77. The lowest BCUT2D eigenvalue weighted by molar-refractivity contribution is -0.136. The van der Waals surface area contributed by atoms with Crippen LogP contribution in [0.2, 0.25) is 10.0 Å². The van der Waals surface area contributed by atoms with Crippen molar-refractivity contribution in [3.63, 3.8) is 0 Å². The van der Waals surface area contributed by atoms with E-state index in [1.165, 1.54) is 19.3 Å². The highest BCUT2D eigenvalue weighted by atomic mass is 35.5. The highest BCUT2D eigenvalue weighted by Gasteiger charge is 2.11. The van der Waals surface area contributed by atoms with Crippen LogP contribution >= 0.6 is 23.2 Å². The highest BCUT2D eigenvalue weighted by molar-refractivity contribution is 6.32. The van der Waals surface area contributed by atoms with Crippen molar-refractivity contribution >= 4 is 41.0 Å². The van der Waals surface area contributed by atoms with Crippen molar-refractivity contribution < 1.29 is 19.1 Å². The van der Waals surface area contributed by atoms with Crippen LogP contribution in [0, 0.1) is 0 Å². The zero-order chi connectivity index (χ0) is 17.5. The third-order valence-corrected chi connectivity index (χ3v) is 3.65. The maximum absolute atomic E-state index is 12.0. The van der Waals surface area contributed by atoms with Crippen LogP contribution in [0.15, 0.2) is 48.5 Å². The molecule has 0 aliphatic carbocycles. The first kappa shape index (κ1) is 18.0. The van der Waals surface area contributed by atoms with Crippen molar-refractivity contribution in [2.24, 2.45) is 0 Å². The fraction of sp³-hybridized carbons (Fsp3) is 0.111. The number of halogens is 2. The Morgan fingerprint density at radius 3 is 2.42 bits per heavy atom. The molecule has 4 nitrogen and oxygen atoms in total. The zero-order valence-electron chi connectivity index (χ0n) is 12.8. The van der Waals surface area contributed by atoms with Crippen LogP contribution in [0.5, 0.6) is 5.75 Å². The molecular formula is C18H14Cl2O4. The minimum absolute atomic E-state index is 0.317. The van der Waals surface area contributed by atoms with E-state index in [0.29, 0.717) is 21.4 Å². The molecule has 124 valence electrons. The third-order valence-electron chi connectivity index (χ3n) is 3.10. The van der Waals surface area contributed by atoms with Gasteiger partial charge < -0.3 is 9.47 Å². The van der Waals surface area contributed by atoms with E-state index in [0.717, 1.165) is 5.56 Å². The van der Waals surface area contributed by atoms with E-state index in [1.54, 1.807) is 42.5 Å². The molecule has 0 spiro atoms.